The van der Waals surface area contributed by atoms with Crippen LogP contribution < -0.4 is 0 Å². The van der Waals surface area contributed by atoms with Gasteiger partial charge in [-0.1, -0.05) is 29.3 Å². The van der Waals surface area contributed by atoms with Crippen molar-refractivity contribution in [2.24, 2.45) is 0 Å². The molecule has 0 aliphatic heterocycles. The molecule has 2 rings (SSSR count). The number of tetrazole rings is 1. The second-order valence-corrected chi connectivity index (χ2v) is 3.58. The zero-order chi connectivity index (χ0) is 10.8. The van der Waals surface area contributed by atoms with E-state index in [0.29, 0.717) is 15.6 Å². The van der Waals surface area contributed by atoms with Crippen molar-refractivity contribution in [3.05, 3.63) is 40.1 Å². The molecule has 0 aliphatic carbocycles. The molecule has 0 fully saturated rings. The number of aromatic nitrogens is 4. The number of hydrogen-bond acceptors (Lipinski definition) is 4. The van der Waals surface area contributed by atoms with E-state index in [9.17, 15) is 5.11 Å². The lowest BCUT2D eigenvalue weighted by molar-refractivity contribution is 0.114. The van der Waals surface area contributed by atoms with Crippen molar-refractivity contribution >= 4 is 23.2 Å². The van der Waals surface area contributed by atoms with E-state index >= 15 is 0 Å². The molecule has 0 spiro atoms. The Morgan fingerprint density at radius 3 is 2.47 bits per heavy atom. The van der Waals surface area contributed by atoms with E-state index in [4.69, 9.17) is 23.2 Å². The Kier molecular flexibility index (Phi) is 2.86. The third-order valence-corrected chi connectivity index (χ3v) is 2.50. The van der Waals surface area contributed by atoms with Gasteiger partial charge in [-0.15, -0.1) is 15.0 Å². The molecule has 0 radical (unpaired) electrons. The van der Waals surface area contributed by atoms with Crippen molar-refractivity contribution in [1.82, 2.24) is 20.2 Å². The van der Waals surface area contributed by atoms with Crippen LogP contribution in [0.15, 0.2) is 24.5 Å². The van der Waals surface area contributed by atoms with Crippen LogP contribution in [0.3, 0.4) is 0 Å². The highest BCUT2D eigenvalue weighted by Gasteiger charge is 2.18. The first kappa shape index (κ1) is 10.4. The van der Waals surface area contributed by atoms with E-state index in [1.165, 1.54) is 6.33 Å². The molecule has 0 bridgehead atoms. The second kappa shape index (κ2) is 4.14. The molecule has 7 heteroatoms. The minimum Gasteiger partial charge on any atom is -0.366 e. The van der Waals surface area contributed by atoms with E-state index < -0.39 is 6.23 Å². The van der Waals surface area contributed by atoms with Gasteiger partial charge in [0.25, 0.3) is 0 Å². The van der Waals surface area contributed by atoms with Crippen LogP contribution in [0.5, 0.6) is 0 Å². The summed E-state index contributed by atoms with van der Waals surface area (Å²) in [5.74, 6) is 0. The maximum Gasteiger partial charge on any atom is 0.197 e. The molecule has 1 aromatic heterocycles. The molecule has 0 amide bonds. The largest absolute Gasteiger partial charge is 0.366 e. The lowest BCUT2D eigenvalue weighted by Crippen LogP contribution is -2.14. The maximum absolute atomic E-state index is 9.87. The van der Waals surface area contributed by atoms with E-state index in [1.807, 2.05) is 0 Å². The molecule has 0 aliphatic rings. The van der Waals surface area contributed by atoms with Crippen molar-refractivity contribution in [2.75, 3.05) is 0 Å². The van der Waals surface area contributed by atoms with Crippen LogP contribution in [0.4, 0.5) is 0 Å². The Bertz CT molecular complexity index is 439. The molecule has 0 saturated heterocycles. The van der Waals surface area contributed by atoms with E-state index in [1.54, 1.807) is 18.2 Å². The van der Waals surface area contributed by atoms with Crippen LogP contribution in [0.2, 0.25) is 10.0 Å². The minimum absolute atomic E-state index is 0.354. The Morgan fingerprint density at radius 2 is 1.93 bits per heavy atom. The minimum atomic E-state index is -1.13. The molecule has 1 N–H and O–H groups in total. The number of benzene rings is 1. The average Bonchev–Trinajstić information content (AvgIpc) is 2.69. The van der Waals surface area contributed by atoms with Crippen LogP contribution in [-0.2, 0) is 0 Å². The summed E-state index contributed by atoms with van der Waals surface area (Å²) < 4.78 is 0. The number of aliphatic hydroxyl groups is 1. The Labute approximate surface area is 95.2 Å². The summed E-state index contributed by atoms with van der Waals surface area (Å²) in [7, 11) is 0. The third kappa shape index (κ3) is 1.94. The molecule has 1 heterocycles. The van der Waals surface area contributed by atoms with Crippen molar-refractivity contribution in [3.8, 4) is 0 Å². The summed E-state index contributed by atoms with van der Waals surface area (Å²) in [6, 6.07) is 4.95. The fraction of sp³-hybridized carbons (Fsp3) is 0.125. The predicted octanol–water partition coefficient (Wildman–Crippen LogP) is 1.52. The topological polar surface area (TPSA) is 63.8 Å². The smallest absolute Gasteiger partial charge is 0.197 e. The summed E-state index contributed by atoms with van der Waals surface area (Å²) >= 11 is 11.8. The number of hydrogen-bond donors (Lipinski definition) is 1. The van der Waals surface area contributed by atoms with Crippen molar-refractivity contribution < 1.29 is 5.11 Å². The summed E-state index contributed by atoms with van der Waals surface area (Å²) in [4.78, 5) is 1.02. The Hall–Kier alpha value is -1.17. The van der Waals surface area contributed by atoms with Crippen LogP contribution in [0.1, 0.15) is 11.8 Å². The molecule has 78 valence electrons. The molecular weight excluding hydrogens is 239 g/mol. The van der Waals surface area contributed by atoms with Gasteiger partial charge in [0.1, 0.15) is 0 Å². The van der Waals surface area contributed by atoms with Gasteiger partial charge in [-0.25, -0.2) is 0 Å². The summed E-state index contributed by atoms with van der Waals surface area (Å²) in [5.41, 5.74) is 0.360. The van der Waals surface area contributed by atoms with Gasteiger partial charge in [0.05, 0.1) is 0 Å². The van der Waals surface area contributed by atoms with Crippen LogP contribution in [0.25, 0.3) is 0 Å². The summed E-state index contributed by atoms with van der Waals surface area (Å²) in [5, 5.41) is 21.3. The van der Waals surface area contributed by atoms with Crippen molar-refractivity contribution in [3.63, 3.8) is 0 Å². The predicted molar refractivity (Wildman–Crippen MR) is 54.6 cm³/mol. The average molecular weight is 245 g/mol. The van der Waals surface area contributed by atoms with E-state index in [2.05, 4.69) is 15.4 Å². The lowest BCUT2D eigenvalue weighted by atomic mass is 10.2. The van der Waals surface area contributed by atoms with Crippen LogP contribution in [-0.4, -0.2) is 25.3 Å². The van der Waals surface area contributed by atoms with Gasteiger partial charge in [0, 0.05) is 15.6 Å². The molecule has 1 atom stereocenters. The maximum atomic E-state index is 9.87. The third-order valence-electron chi connectivity index (χ3n) is 1.84. The van der Waals surface area contributed by atoms with Crippen molar-refractivity contribution in [2.45, 2.75) is 6.23 Å². The summed E-state index contributed by atoms with van der Waals surface area (Å²) in [6.45, 7) is 0. The number of halogens is 2. The quantitative estimate of drug-likeness (QED) is 0.871. The highest BCUT2D eigenvalue weighted by atomic mass is 35.5. The molecule has 5 nitrogen and oxygen atoms in total. The number of aliphatic hydroxyl groups excluding tert-OH is 1. The normalized spacial score (nSPS) is 12.7. The Morgan fingerprint density at radius 1 is 1.27 bits per heavy atom. The zero-order valence-electron chi connectivity index (χ0n) is 7.38. The van der Waals surface area contributed by atoms with Crippen LogP contribution >= 0.6 is 23.2 Å². The van der Waals surface area contributed by atoms with Crippen molar-refractivity contribution in [1.29, 1.82) is 0 Å². The van der Waals surface area contributed by atoms with E-state index in [0.717, 1.165) is 4.80 Å². The second-order valence-electron chi connectivity index (χ2n) is 2.77. The summed E-state index contributed by atoms with van der Waals surface area (Å²) in [6.07, 6.45) is 0.0854. The standard InChI is InChI=1S/C8H6Cl2N4O/c9-5-2-1-3-6(10)7(5)8(15)14-12-4-11-13-14/h1-4,8,15H. The SMILES string of the molecule is OC(c1c(Cl)cccc1Cl)n1ncnn1. The van der Waals surface area contributed by atoms with Gasteiger partial charge in [-0.3, -0.25) is 0 Å². The van der Waals surface area contributed by atoms with Gasteiger partial charge < -0.3 is 5.11 Å². The molecule has 1 aromatic carbocycles. The zero-order valence-corrected chi connectivity index (χ0v) is 8.89. The Balaban J connectivity index is 2.46. The van der Waals surface area contributed by atoms with Gasteiger partial charge in [-0.2, -0.15) is 0 Å². The van der Waals surface area contributed by atoms with Gasteiger partial charge in [0.2, 0.25) is 0 Å². The molecule has 1 unspecified atom stereocenters. The first-order valence-corrected chi connectivity index (χ1v) is 4.80. The fourth-order valence-corrected chi connectivity index (χ4v) is 1.75. The molecular formula is C8H6Cl2N4O. The first-order valence-electron chi connectivity index (χ1n) is 4.04. The first-order chi connectivity index (χ1) is 7.20. The van der Waals surface area contributed by atoms with E-state index in [-0.39, 0.29) is 0 Å². The van der Waals surface area contributed by atoms with Gasteiger partial charge in [-0.05, 0) is 17.3 Å². The number of rotatable bonds is 2. The molecule has 2 aromatic rings. The number of nitrogens with zero attached hydrogens (tertiary/aromatic N) is 4. The molecule has 0 saturated carbocycles. The molecule has 15 heavy (non-hydrogen) atoms. The monoisotopic (exact) mass is 244 g/mol. The lowest BCUT2D eigenvalue weighted by Gasteiger charge is -2.12. The van der Waals surface area contributed by atoms with Gasteiger partial charge in [0.15, 0.2) is 12.6 Å². The van der Waals surface area contributed by atoms with Crippen LogP contribution in [0, 0.1) is 0 Å². The van der Waals surface area contributed by atoms with Gasteiger partial charge >= 0.3 is 0 Å². The fourth-order valence-electron chi connectivity index (χ4n) is 1.16. The highest BCUT2D eigenvalue weighted by molar-refractivity contribution is 6.36. The highest BCUT2D eigenvalue weighted by Crippen LogP contribution is 2.30.